The van der Waals surface area contributed by atoms with E-state index >= 15 is 0 Å². The van der Waals surface area contributed by atoms with Crippen LogP contribution in [0.3, 0.4) is 0 Å². The molecule has 1 aliphatic carbocycles. The zero-order valence-corrected chi connectivity index (χ0v) is 18.1. The van der Waals surface area contributed by atoms with E-state index in [-0.39, 0.29) is 6.09 Å². The van der Waals surface area contributed by atoms with E-state index in [4.69, 9.17) is 4.74 Å². The highest BCUT2D eigenvalue weighted by atomic mass is 16.6. The van der Waals surface area contributed by atoms with Crippen LogP contribution in [0.4, 0.5) is 10.5 Å². The molecule has 6 heteroatoms. The Morgan fingerprint density at radius 2 is 1.76 bits per heavy atom. The first-order valence-corrected chi connectivity index (χ1v) is 11.1. The number of carbonyl (C=O) groups is 1. The maximum Gasteiger partial charge on any atom is 0.410 e. The van der Waals surface area contributed by atoms with E-state index in [2.05, 4.69) is 28.3 Å². The van der Waals surface area contributed by atoms with Crippen LogP contribution in [0.5, 0.6) is 0 Å². The van der Waals surface area contributed by atoms with Gasteiger partial charge in [0.1, 0.15) is 5.60 Å². The number of hydrogen-bond acceptors (Lipinski definition) is 4. The molecule has 1 saturated heterocycles. The predicted molar refractivity (Wildman–Crippen MR) is 116 cm³/mol. The molecule has 2 aromatic heterocycles. The van der Waals surface area contributed by atoms with Crippen LogP contribution in [-0.4, -0.2) is 52.4 Å². The van der Waals surface area contributed by atoms with Crippen LogP contribution in [0.15, 0.2) is 24.5 Å². The van der Waals surface area contributed by atoms with Gasteiger partial charge in [-0.3, -0.25) is 0 Å². The molecule has 2 aliphatic rings. The summed E-state index contributed by atoms with van der Waals surface area (Å²) in [4.78, 5) is 16.5. The van der Waals surface area contributed by atoms with Crippen molar-refractivity contribution in [3.63, 3.8) is 0 Å². The molecule has 0 unspecified atom stereocenters. The van der Waals surface area contributed by atoms with Gasteiger partial charge in [-0.1, -0.05) is 25.7 Å². The average Bonchev–Trinajstić information content (AvgIpc) is 2.93. The van der Waals surface area contributed by atoms with Gasteiger partial charge in [0, 0.05) is 38.6 Å². The van der Waals surface area contributed by atoms with Crippen molar-refractivity contribution in [3.8, 4) is 0 Å². The lowest BCUT2D eigenvalue weighted by atomic mass is 9.94. The highest BCUT2D eigenvalue weighted by molar-refractivity contribution is 5.74. The first-order valence-electron chi connectivity index (χ1n) is 11.1. The Morgan fingerprint density at radius 3 is 2.41 bits per heavy atom. The lowest BCUT2D eigenvalue weighted by molar-refractivity contribution is 0.0240. The second-order valence-corrected chi connectivity index (χ2v) is 9.46. The molecule has 0 atom stereocenters. The van der Waals surface area contributed by atoms with Crippen LogP contribution in [-0.2, 0) is 4.74 Å². The summed E-state index contributed by atoms with van der Waals surface area (Å²) < 4.78 is 7.56. The topological polar surface area (TPSA) is 50.1 Å². The number of amides is 1. The van der Waals surface area contributed by atoms with Crippen molar-refractivity contribution in [2.24, 2.45) is 0 Å². The zero-order valence-electron chi connectivity index (χ0n) is 18.1. The number of piperazine rings is 1. The second kappa shape index (κ2) is 8.25. The molecule has 1 saturated carbocycles. The smallest absolute Gasteiger partial charge is 0.410 e. The molecule has 0 radical (unpaired) electrons. The molecule has 4 rings (SSSR count). The summed E-state index contributed by atoms with van der Waals surface area (Å²) in [5, 5.41) is 4.56. The van der Waals surface area contributed by atoms with Crippen LogP contribution in [0, 0.1) is 0 Å². The van der Waals surface area contributed by atoms with E-state index in [1.807, 2.05) is 36.4 Å². The van der Waals surface area contributed by atoms with Crippen molar-refractivity contribution in [1.29, 1.82) is 0 Å². The van der Waals surface area contributed by atoms with E-state index < -0.39 is 5.60 Å². The number of fused-ring (bicyclic) bond motifs is 1. The highest BCUT2D eigenvalue weighted by Crippen LogP contribution is 2.34. The van der Waals surface area contributed by atoms with Gasteiger partial charge in [0.2, 0.25) is 0 Å². The Bertz CT molecular complexity index is 838. The van der Waals surface area contributed by atoms with Crippen LogP contribution in [0.1, 0.15) is 70.8 Å². The van der Waals surface area contributed by atoms with E-state index in [9.17, 15) is 4.79 Å². The first-order chi connectivity index (χ1) is 13.9. The molecule has 29 heavy (non-hydrogen) atoms. The van der Waals surface area contributed by atoms with Gasteiger partial charge in [0.25, 0.3) is 0 Å². The summed E-state index contributed by atoms with van der Waals surface area (Å²) in [5.41, 5.74) is 3.37. The zero-order chi connectivity index (χ0) is 20.4. The third-order valence-corrected chi connectivity index (χ3v) is 6.11. The van der Waals surface area contributed by atoms with Crippen LogP contribution in [0.2, 0.25) is 0 Å². The lowest BCUT2D eigenvalue weighted by Crippen LogP contribution is -2.50. The van der Waals surface area contributed by atoms with Crippen molar-refractivity contribution in [3.05, 3.63) is 30.1 Å². The van der Waals surface area contributed by atoms with E-state index in [1.165, 1.54) is 55.3 Å². The number of anilines is 1. The monoisotopic (exact) mass is 398 g/mol. The Labute approximate surface area is 173 Å². The number of hydrogen-bond donors (Lipinski definition) is 0. The van der Waals surface area contributed by atoms with Crippen LogP contribution >= 0.6 is 0 Å². The molecule has 158 valence electrons. The standard InChI is InChI=1S/C23H34N4O2/c1-23(2,3)29-22(28)26-14-12-25(13-15-26)20-10-11-24-27-17-19(16-21(20)27)18-8-6-4-5-7-9-18/h10-11,16-18H,4-9,12-15H2,1-3H3. The number of ether oxygens (including phenoxy) is 1. The fraction of sp³-hybridized carbons (Fsp3) is 0.652. The molecular formula is C23H34N4O2. The van der Waals surface area contributed by atoms with Gasteiger partial charge in [0.15, 0.2) is 0 Å². The first kappa shape index (κ1) is 20.0. The van der Waals surface area contributed by atoms with Crippen molar-refractivity contribution in [2.45, 2.75) is 70.8 Å². The van der Waals surface area contributed by atoms with Gasteiger partial charge in [-0.15, -0.1) is 0 Å². The maximum atomic E-state index is 12.3. The van der Waals surface area contributed by atoms with Gasteiger partial charge in [0.05, 0.1) is 11.2 Å². The minimum Gasteiger partial charge on any atom is -0.444 e. The van der Waals surface area contributed by atoms with Gasteiger partial charge < -0.3 is 14.5 Å². The molecule has 1 amide bonds. The second-order valence-electron chi connectivity index (χ2n) is 9.46. The summed E-state index contributed by atoms with van der Waals surface area (Å²) >= 11 is 0. The van der Waals surface area contributed by atoms with Crippen molar-refractivity contribution < 1.29 is 9.53 Å². The number of carbonyl (C=O) groups excluding carboxylic acids is 1. The van der Waals surface area contributed by atoms with Gasteiger partial charge in [-0.2, -0.15) is 5.10 Å². The third-order valence-electron chi connectivity index (χ3n) is 6.11. The summed E-state index contributed by atoms with van der Waals surface area (Å²) in [5.74, 6) is 0.663. The van der Waals surface area contributed by atoms with E-state index in [0.717, 1.165) is 13.1 Å². The molecule has 0 spiro atoms. The molecule has 1 aliphatic heterocycles. The highest BCUT2D eigenvalue weighted by Gasteiger charge is 2.27. The van der Waals surface area contributed by atoms with Crippen molar-refractivity contribution >= 4 is 17.3 Å². The maximum absolute atomic E-state index is 12.3. The summed E-state index contributed by atoms with van der Waals surface area (Å²) in [6, 6.07) is 4.45. The summed E-state index contributed by atoms with van der Waals surface area (Å²) in [7, 11) is 0. The fourth-order valence-electron chi connectivity index (χ4n) is 4.58. The Hall–Kier alpha value is -2.24. The van der Waals surface area contributed by atoms with Gasteiger partial charge in [-0.25, -0.2) is 9.31 Å². The molecule has 3 heterocycles. The summed E-state index contributed by atoms with van der Waals surface area (Å²) in [6.07, 6.45) is 11.9. The lowest BCUT2D eigenvalue weighted by Gasteiger charge is -2.36. The predicted octanol–water partition coefficient (Wildman–Crippen LogP) is 4.83. The quantitative estimate of drug-likeness (QED) is 0.680. The van der Waals surface area contributed by atoms with E-state index in [1.54, 1.807) is 0 Å². The molecule has 0 N–H and O–H groups in total. The molecule has 6 nitrogen and oxygen atoms in total. The number of nitrogens with zero attached hydrogens (tertiary/aromatic N) is 4. The normalized spacial score (nSPS) is 19.4. The fourth-order valence-corrected chi connectivity index (χ4v) is 4.58. The Morgan fingerprint density at radius 1 is 1.07 bits per heavy atom. The van der Waals surface area contributed by atoms with E-state index in [0.29, 0.717) is 19.0 Å². The molecule has 2 fully saturated rings. The third kappa shape index (κ3) is 4.68. The van der Waals surface area contributed by atoms with Crippen LogP contribution in [0.25, 0.3) is 5.52 Å². The minimum atomic E-state index is -0.453. The number of aromatic nitrogens is 2. The molecule has 0 aromatic carbocycles. The van der Waals surface area contributed by atoms with Crippen molar-refractivity contribution in [1.82, 2.24) is 14.5 Å². The Kier molecular flexibility index (Phi) is 5.70. The SMILES string of the molecule is CC(C)(C)OC(=O)N1CCN(c2ccnn3cc(C4CCCCCC4)cc23)CC1. The largest absolute Gasteiger partial charge is 0.444 e. The van der Waals surface area contributed by atoms with Gasteiger partial charge in [-0.05, 0) is 57.2 Å². The molecule has 2 aromatic rings. The minimum absolute atomic E-state index is 0.213. The average molecular weight is 399 g/mol. The molecular weight excluding hydrogens is 364 g/mol. The van der Waals surface area contributed by atoms with Crippen LogP contribution < -0.4 is 4.90 Å². The Balaban J connectivity index is 1.48. The summed E-state index contributed by atoms with van der Waals surface area (Å²) in [6.45, 7) is 8.71. The molecule has 0 bridgehead atoms. The van der Waals surface area contributed by atoms with Crippen molar-refractivity contribution in [2.75, 3.05) is 31.1 Å². The number of rotatable bonds is 2. The van der Waals surface area contributed by atoms with Gasteiger partial charge >= 0.3 is 6.09 Å².